The average Bonchev–Trinajstić information content (AvgIpc) is 2.59. The molecule has 8 nitrogen and oxygen atoms in total. The van der Waals surface area contributed by atoms with Gasteiger partial charge in [-0.2, -0.15) is 9.97 Å². The molecule has 0 aliphatic heterocycles. The molecule has 2 aromatic heterocycles. The minimum absolute atomic E-state index is 0.182. The molecule has 0 spiro atoms. The molecule has 2 heterocycles. The Morgan fingerprint density at radius 3 is 2.48 bits per heavy atom. The Labute approximate surface area is 148 Å². The molecule has 1 atom stereocenters. The highest BCUT2D eigenvalue weighted by Crippen LogP contribution is 2.30. The second kappa shape index (κ2) is 8.04. The smallest absolute Gasteiger partial charge is 0.257 e. The lowest BCUT2D eigenvalue weighted by molar-refractivity contribution is -0.114. The first kappa shape index (κ1) is 18.8. The first-order valence-electron chi connectivity index (χ1n) is 7.48. The van der Waals surface area contributed by atoms with Gasteiger partial charge in [-0.15, -0.1) is 0 Å². The van der Waals surface area contributed by atoms with E-state index in [4.69, 9.17) is 15.2 Å². The normalized spacial score (nSPS) is 11.7. The zero-order valence-electron chi connectivity index (χ0n) is 14.5. The largest absolute Gasteiger partial charge is 0.604 e. The van der Waals surface area contributed by atoms with Crippen molar-refractivity contribution in [2.75, 3.05) is 25.3 Å². The van der Waals surface area contributed by atoms with Gasteiger partial charge in [0, 0.05) is 24.6 Å². The molecule has 0 saturated carbocycles. The van der Waals surface area contributed by atoms with Crippen LogP contribution in [0.4, 0.5) is 11.5 Å². The van der Waals surface area contributed by atoms with Gasteiger partial charge in [-0.25, -0.2) is 0 Å². The van der Waals surface area contributed by atoms with Crippen LogP contribution in [0.3, 0.4) is 0 Å². The Morgan fingerprint density at radius 2 is 1.92 bits per heavy atom. The molecule has 2 aromatic rings. The van der Waals surface area contributed by atoms with Crippen molar-refractivity contribution >= 4 is 28.6 Å². The zero-order valence-corrected chi connectivity index (χ0v) is 15.3. The van der Waals surface area contributed by atoms with Crippen molar-refractivity contribution in [1.82, 2.24) is 9.97 Å². The van der Waals surface area contributed by atoms with Crippen molar-refractivity contribution in [1.29, 1.82) is 0 Å². The Hall–Kier alpha value is -2.52. The van der Waals surface area contributed by atoms with E-state index in [9.17, 15) is 9.35 Å². The maximum atomic E-state index is 12.9. The summed E-state index contributed by atoms with van der Waals surface area (Å²) < 4.78 is 23.3. The monoisotopic (exact) mass is 364 g/mol. The number of anilines is 2. The summed E-state index contributed by atoms with van der Waals surface area (Å²) in [5.41, 5.74) is 7.12. The van der Waals surface area contributed by atoms with Crippen LogP contribution in [0.25, 0.3) is 0 Å². The molecule has 1 unspecified atom stereocenters. The van der Waals surface area contributed by atoms with Gasteiger partial charge in [-0.05, 0) is 6.42 Å². The van der Waals surface area contributed by atoms with Gasteiger partial charge < -0.3 is 25.1 Å². The van der Waals surface area contributed by atoms with Crippen LogP contribution >= 0.6 is 0 Å². The molecule has 1 amide bonds. The number of aromatic nitrogens is 2. The maximum Gasteiger partial charge on any atom is 0.257 e. The molecule has 0 bridgehead atoms. The number of carbonyl (C=O) groups is 1. The molecule has 3 N–H and O–H groups in total. The highest BCUT2D eigenvalue weighted by atomic mass is 32.2. The van der Waals surface area contributed by atoms with Crippen LogP contribution in [0.15, 0.2) is 28.3 Å². The highest BCUT2D eigenvalue weighted by molar-refractivity contribution is 7.91. The molecule has 25 heavy (non-hydrogen) atoms. The summed E-state index contributed by atoms with van der Waals surface area (Å²) in [6.45, 7) is 3.30. The van der Waals surface area contributed by atoms with E-state index in [1.54, 1.807) is 6.07 Å². The van der Waals surface area contributed by atoms with Crippen LogP contribution in [0.2, 0.25) is 0 Å². The fraction of sp³-hybridized carbons (Fsp3) is 0.312. The first-order chi connectivity index (χ1) is 11.9. The summed E-state index contributed by atoms with van der Waals surface area (Å²) in [6, 6.07) is 4.60. The van der Waals surface area contributed by atoms with Gasteiger partial charge in [0.2, 0.25) is 11.8 Å². The minimum atomic E-state index is -1.73. The zero-order chi connectivity index (χ0) is 18.6. The third-order valence-corrected chi connectivity index (χ3v) is 4.53. The Morgan fingerprint density at radius 1 is 1.24 bits per heavy atom. The van der Waals surface area contributed by atoms with Crippen molar-refractivity contribution in [2.24, 2.45) is 0 Å². The Kier molecular flexibility index (Phi) is 6.05. The number of carbonyl (C=O) groups excluding carboxylic acids is 1. The molecule has 0 aliphatic carbocycles. The Balaban J connectivity index is 2.48. The molecule has 2 rings (SSSR count). The van der Waals surface area contributed by atoms with E-state index in [1.807, 2.05) is 6.92 Å². The van der Waals surface area contributed by atoms with Crippen LogP contribution in [0, 0.1) is 0 Å². The van der Waals surface area contributed by atoms with Crippen molar-refractivity contribution in [2.45, 2.75) is 30.3 Å². The number of methoxy groups -OCH3 is 2. The highest BCUT2D eigenvalue weighted by Gasteiger charge is 2.24. The van der Waals surface area contributed by atoms with Gasteiger partial charge in [0.25, 0.3) is 10.1 Å². The van der Waals surface area contributed by atoms with Crippen molar-refractivity contribution in [3.05, 3.63) is 23.8 Å². The lowest BCUT2D eigenvalue weighted by Crippen LogP contribution is -2.12. The molecular formula is C16H20N4O4S. The number of nitrogens with zero attached hydrogens (tertiary/aromatic N) is 2. The average molecular weight is 364 g/mol. The number of hydrogen-bond donors (Lipinski definition) is 2. The quantitative estimate of drug-likeness (QED) is 0.749. The summed E-state index contributed by atoms with van der Waals surface area (Å²) in [5.74, 6) is 0.736. The summed E-state index contributed by atoms with van der Waals surface area (Å²) in [6.07, 6.45) is 0.638. The van der Waals surface area contributed by atoms with Gasteiger partial charge >= 0.3 is 0 Å². The minimum Gasteiger partial charge on any atom is -0.604 e. The SMILES string of the molecule is CCc1c(OC)cc([S+]([O-])c2cc(NC(C)=O)cc(OC)n2)nc1N. The van der Waals surface area contributed by atoms with Crippen LogP contribution in [-0.4, -0.2) is 34.6 Å². The van der Waals surface area contributed by atoms with Crippen LogP contribution in [-0.2, 0) is 22.4 Å². The summed E-state index contributed by atoms with van der Waals surface area (Å²) in [7, 11) is 2.95. The molecule has 9 heteroatoms. The van der Waals surface area contributed by atoms with Gasteiger partial charge in [-0.3, -0.25) is 4.79 Å². The number of nitrogens with one attached hydrogen (secondary N) is 1. The fourth-order valence-corrected chi connectivity index (χ4v) is 3.26. The van der Waals surface area contributed by atoms with E-state index in [-0.39, 0.29) is 27.7 Å². The van der Waals surface area contributed by atoms with E-state index < -0.39 is 11.2 Å². The maximum absolute atomic E-state index is 12.9. The topological polar surface area (TPSA) is 122 Å². The van der Waals surface area contributed by atoms with Gasteiger partial charge in [-0.1, -0.05) is 6.92 Å². The number of amides is 1. The number of ether oxygens (including phenoxy) is 2. The first-order valence-corrected chi connectivity index (χ1v) is 8.63. The van der Waals surface area contributed by atoms with Crippen LogP contribution in [0.5, 0.6) is 11.6 Å². The van der Waals surface area contributed by atoms with E-state index in [2.05, 4.69) is 15.3 Å². The number of nitrogens with two attached hydrogens (primary N) is 1. The molecular weight excluding hydrogens is 344 g/mol. The van der Waals surface area contributed by atoms with E-state index >= 15 is 0 Å². The van der Waals surface area contributed by atoms with Crippen LogP contribution < -0.4 is 20.5 Å². The predicted octanol–water partition coefficient (Wildman–Crippen LogP) is 1.76. The standard InChI is InChI=1S/C16H20N4O4S/c1-5-11-12(23-3)8-15(20-16(11)17)25(22)14-7-10(18-9(2)21)6-13(19-14)24-4/h6-8H,5H2,1-4H3,(H2,17,20)(H,18,19,21). The van der Waals surface area contributed by atoms with E-state index in [1.165, 1.54) is 33.3 Å². The van der Waals surface area contributed by atoms with Crippen molar-refractivity contribution < 1.29 is 18.8 Å². The molecule has 0 saturated heterocycles. The molecule has 0 fully saturated rings. The Bertz CT molecular complexity index is 785. The molecule has 0 aromatic carbocycles. The fourth-order valence-electron chi connectivity index (χ4n) is 2.24. The van der Waals surface area contributed by atoms with Crippen LogP contribution in [0.1, 0.15) is 19.4 Å². The third-order valence-electron chi connectivity index (χ3n) is 3.35. The summed E-state index contributed by atoms with van der Waals surface area (Å²) >= 11 is -1.73. The summed E-state index contributed by atoms with van der Waals surface area (Å²) in [4.78, 5) is 19.6. The van der Waals surface area contributed by atoms with E-state index in [0.717, 1.165) is 5.56 Å². The molecule has 0 aliphatic rings. The lowest BCUT2D eigenvalue weighted by Gasteiger charge is -2.14. The lowest BCUT2D eigenvalue weighted by atomic mass is 10.2. The second-order valence-corrected chi connectivity index (χ2v) is 6.44. The van der Waals surface area contributed by atoms with Crippen molar-refractivity contribution in [3.63, 3.8) is 0 Å². The number of nitrogen functional groups attached to an aromatic ring is 1. The third kappa shape index (κ3) is 4.31. The van der Waals surface area contributed by atoms with Gasteiger partial charge in [0.15, 0.2) is 0 Å². The number of pyridine rings is 2. The molecule has 134 valence electrons. The summed E-state index contributed by atoms with van der Waals surface area (Å²) in [5, 5.41) is 3.01. The van der Waals surface area contributed by atoms with Gasteiger partial charge in [0.1, 0.15) is 11.6 Å². The second-order valence-electron chi connectivity index (χ2n) is 5.07. The predicted molar refractivity (Wildman–Crippen MR) is 94.3 cm³/mol. The van der Waals surface area contributed by atoms with Crippen molar-refractivity contribution in [3.8, 4) is 11.6 Å². The number of hydrogen-bond acceptors (Lipinski definition) is 7. The number of rotatable bonds is 6. The van der Waals surface area contributed by atoms with E-state index in [0.29, 0.717) is 17.9 Å². The molecule has 0 radical (unpaired) electrons. The van der Waals surface area contributed by atoms with Gasteiger partial charge in [0.05, 0.1) is 37.1 Å².